The smallest absolute Gasteiger partial charge is 0.143 e. The van der Waals surface area contributed by atoms with Crippen LogP contribution in [0.2, 0.25) is 0 Å². The standard InChI is InChI=1S/C42H24OS/c1-2-11-26-24-39-36(22-25(26)10-1)35-23-27(20-21-38(35)44-39)40-29-13-3-5-15-31(29)41(32-16-6-4-14-30(32)40)34-18-9-17-33-28-12-7-8-19-37(28)43-42(33)34/h1-24H. The molecule has 1 nitrogen and oxygen atoms in total. The highest BCUT2D eigenvalue weighted by molar-refractivity contribution is 7.25. The van der Waals surface area contributed by atoms with Gasteiger partial charge in [0.2, 0.25) is 0 Å². The summed E-state index contributed by atoms with van der Waals surface area (Å²) >= 11 is 1.88. The predicted octanol–water partition coefficient (Wildman–Crippen LogP) is 12.7. The molecule has 10 rings (SSSR count). The van der Waals surface area contributed by atoms with E-state index in [9.17, 15) is 0 Å². The van der Waals surface area contributed by atoms with Crippen LogP contribution in [0.1, 0.15) is 0 Å². The molecule has 0 saturated carbocycles. The maximum absolute atomic E-state index is 6.56. The topological polar surface area (TPSA) is 13.1 Å². The van der Waals surface area contributed by atoms with Gasteiger partial charge in [0.15, 0.2) is 0 Å². The number of benzene rings is 8. The fourth-order valence-corrected chi connectivity index (χ4v) is 8.41. The van der Waals surface area contributed by atoms with Crippen LogP contribution < -0.4 is 0 Å². The van der Waals surface area contributed by atoms with Crippen LogP contribution in [-0.2, 0) is 0 Å². The van der Waals surface area contributed by atoms with E-state index in [0.717, 1.165) is 27.5 Å². The molecule has 0 saturated heterocycles. The van der Waals surface area contributed by atoms with E-state index < -0.39 is 0 Å². The Labute approximate surface area is 257 Å². The average Bonchev–Trinajstić information content (AvgIpc) is 3.64. The van der Waals surface area contributed by atoms with Crippen LogP contribution in [0.5, 0.6) is 0 Å². The zero-order valence-corrected chi connectivity index (χ0v) is 24.5. The van der Waals surface area contributed by atoms with Gasteiger partial charge in [0.1, 0.15) is 11.2 Å². The SMILES string of the molecule is c1ccc2cc3c(cc2c1)sc1ccc(-c2c4ccccc4c(-c4cccc5c4oc4ccccc45)c4ccccc24)cc13. The fraction of sp³-hybridized carbons (Fsp3) is 0. The highest BCUT2D eigenvalue weighted by atomic mass is 32.1. The second-order valence-electron chi connectivity index (χ2n) is 11.6. The molecular weight excluding hydrogens is 553 g/mol. The minimum atomic E-state index is 0.921. The van der Waals surface area contributed by atoms with Crippen LogP contribution in [0.25, 0.3) is 96.7 Å². The molecule has 2 aromatic heterocycles. The summed E-state index contributed by atoms with van der Waals surface area (Å²) in [6.45, 7) is 0. The molecule has 44 heavy (non-hydrogen) atoms. The Kier molecular flexibility index (Phi) is 4.94. The van der Waals surface area contributed by atoms with Crippen molar-refractivity contribution in [3.8, 4) is 22.3 Å². The number of rotatable bonds is 2. The molecule has 2 heterocycles. The van der Waals surface area contributed by atoms with Crippen molar-refractivity contribution in [2.45, 2.75) is 0 Å². The quantitative estimate of drug-likeness (QED) is 0.187. The van der Waals surface area contributed by atoms with Gasteiger partial charge in [-0.15, -0.1) is 11.3 Å². The number of hydrogen-bond donors (Lipinski definition) is 0. The number of hydrogen-bond acceptors (Lipinski definition) is 2. The number of furan rings is 1. The van der Waals surface area contributed by atoms with Gasteiger partial charge in [-0.2, -0.15) is 0 Å². The molecule has 0 aliphatic carbocycles. The molecule has 2 heteroatoms. The molecule has 0 atom stereocenters. The summed E-state index contributed by atoms with van der Waals surface area (Å²) in [7, 11) is 0. The molecule has 0 unspecified atom stereocenters. The monoisotopic (exact) mass is 576 g/mol. The third-order valence-electron chi connectivity index (χ3n) is 9.23. The van der Waals surface area contributed by atoms with E-state index in [1.807, 2.05) is 17.4 Å². The van der Waals surface area contributed by atoms with Gasteiger partial charge in [-0.05, 0) is 73.8 Å². The van der Waals surface area contributed by atoms with Gasteiger partial charge in [0.25, 0.3) is 0 Å². The van der Waals surface area contributed by atoms with Gasteiger partial charge >= 0.3 is 0 Å². The van der Waals surface area contributed by atoms with Crippen molar-refractivity contribution in [1.82, 2.24) is 0 Å². The zero-order valence-electron chi connectivity index (χ0n) is 23.7. The van der Waals surface area contributed by atoms with Crippen molar-refractivity contribution >= 4 is 85.8 Å². The fourth-order valence-electron chi connectivity index (χ4n) is 7.29. The van der Waals surface area contributed by atoms with E-state index >= 15 is 0 Å². The van der Waals surface area contributed by atoms with Gasteiger partial charge in [-0.25, -0.2) is 0 Å². The molecule has 0 aliphatic rings. The Morgan fingerprint density at radius 2 is 0.977 bits per heavy atom. The summed E-state index contributed by atoms with van der Waals surface area (Å²) in [5.41, 5.74) is 6.73. The lowest BCUT2D eigenvalue weighted by atomic mass is 9.85. The summed E-state index contributed by atoms with van der Waals surface area (Å²) < 4.78 is 9.22. The van der Waals surface area contributed by atoms with E-state index in [4.69, 9.17) is 4.42 Å². The lowest BCUT2D eigenvalue weighted by molar-refractivity contribution is 0.670. The van der Waals surface area contributed by atoms with Gasteiger partial charge < -0.3 is 4.42 Å². The zero-order chi connectivity index (χ0) is 28.8. The van der Waals surface area contributed by atoms with Gasteiger partial charge in [0, 0.05) is 42.1 Å². The van der Waals surface area contributed by atoms with Crippen LogP contribution in [0.15, 0.2) is 150 Å². The Bertz CT molecular complexity index is 2720. The van der Waals surface area contributed by atoms with Crippen molar-refractivity contribution in [3.05, 3.63) is 146 Å². The molecule has 0 fully saturated rings. The first-order chi connectivity index (χ1) is 21.8. The second-order valence-corrected chi connectivity index (χ2v) is 12.7. The van der Waals surface area contributed by atoms with E-state index in [1.165, 1.54) is 69.2 Å². The molecule has 0 amide bonds. The van der Waals surface area contributed by atoms with Crippen LogP contribution in [-0.4, -0.2) is 0 Å². The van der Waals surface area contributed by atoms with Crippen molar-refractivity contribution < 1.29 is 4.42 Å². The predicted molar refractivity (Wildman–Crippen MR) is 190 cm³/mol. The summed E-state index contributed by atoms with van der Waals surface area (Å²) in [6, 6.07) is 53.0. The van der Waals surface area contributed by atoms with Crippen LogP contribution in [0, 0.1) is 0 Å². The summed E-state index contributed by atoms with van der Waals surface area (Å²) in [6.07, 6.45) is 0. The van der Waals surface area contributed by atoms with E-state index in [2.05, 4.69) is 140 Å². The Hall–Kier alpha value is -5.44. The normalized spacial score (nSPS) is 12.1. The largest absolute Gasteiger partial charge is 0.455 e. The van der Waals surface area contributed by atoms with Crippen LogP contribution in [0.3, 0.4) is 0 Å². The van der Waals surface area contributed by atoms with Gasteiger partial charge in [-0.3, -0.25) is 0 Å². The first-order valence-corrected chi connectivity index (χ1v) is 15.8. The minimum Gasteiger partial charge on any atom is -0.455 e. The molecule has 0 radical (unpaired) electrons. The Balaban J connectivity index is 1.30. The molecule has 0 N–H and O–H groups in total. The number of para-hydroxylation sites is 2. The van der Waals surface area contributed by atoms with Crippen molar-refractivity contribution in [2.75, 3.05) is 0 Å². The molecule has 0 spiro atoms. The second kappa shape index (κ2) is 9.03. The Morgan fingerprint density at radius 1 is 0.386 bits per heavy atom. The highest BCUT2D eigenvalue weighted by Gasteiger charge is 2.20. The molecule has 8 aromatic carbocycles. The van der Waals surface area contributed by atoms with Crippen molar-refractivity contribution in [3.63, 3.8) is 0 Å². The summed E-state index contributed by atoms with van der Waals surface area (Å²) in [5, 5.41) is 12.5. The lowest BCUT2D eigenvalue weighted by Crippen LogP contribution is -1.91. The van der Waals surface area contributed by atoms with E-state index in [-0.39, 0.29) is 0 Å². The molecule has 10 aromatic rings. The third-order valence-corrected chi connectivity index (χ3v) is 10.4. The molecule has 204 valence electrons. The number of fused-ring (bicyclic) bond motifs is 9. The maximum Gasteiger partial charge on any atom is 0.143 e. The van der Waals surface area contributed by atoms with Crippen molar-refractivity contribution in [1.29, 1.82) is 0 Å². The summed E-state index contributed by atoms with van der Waals surface area (Å²) in [4.78, 5) is 0. The van der Waals surface area contributed by atoms with Crippen LogP contribution >= 0.6 is 11.3 Å². The Morgan fingerprint density at radius 3 is 1.73 bits per heavy atom. The molecule has 0 bridgehead atoms. The lowest BCUT2D eigenvalue weighted by Gasteiger charge is -2.18. The maximum atomic E-state index is 6.56. The minimum absolute atomic E-state index is 0.921. The highest BCUT2D eigenvalue weighted by Crippen LogP contribution is 2.47. The molecular formula is C42H24OS. The summed E-state index contributed by atoms with van der Waals surface area (Å²) in [5.74, 6) is 0. The number of thiophene rings is 1. The van der Waals surface area contributed by atoms with Crippen molar-refractivity contribution in [2.24, 2.45) is 0 Å². The van der Waals surface area contributed by atoms with E-state index in [0.29, 0.717) is 0 Å². The van der Waals surface area contributed by atoms with Crippen LogP contribution in [0.4, 0.5) is 0 Å². The van der Waals surface area contributed by atoms with E-state index in [1.54, 1.807) is 0 Å². The van der Waals surface area contributed by atoms with Gasteiger partial charge in [0.05, 0.1) is 0 Å². The first-order valence-electron chi connectivity index (χ1n) is 15.0. The molecule has 0 aliphatic heterocycles. The third kappa shape index (κ3) is 3.35. The van der Waals surface area contributed by atoms with Gasteiger partial charge in [-0.1, -0.05) is 115 Å². The first kappa shape index (κ1) is 24.0. The average molecular weight is 577 g/mol.